The maximum absolute atomic E-state index is 4.50. The topological polar surface area (TPSA) is 44.3 Å². The van der Waals surface area contributed by atoms with Gasteiger partial charge >= 0.3 is 0 Å². The van der Waals surface area contributed by atoms with Gasteiger partial charge in [0.05, 0.1) is 0 Å². The molecule has 1 aliphatic heterocycles. The van der Waals surface area contributed by atoms with Crippen LogP contribution in [0.5, 0.6) is 0 Å². The average Bonchev–Trinajstić information content (AvgIpc) is 2.94. The highest BCUT2D eigenvalue weighted by atomic mass is 15.2. The summed E-state index contributed by atoms with van der Waals surface area (Å²) in [5.74, 6) is 2.33. The lowest BCUT2D eigenvalue weighted by molar-refractivity contribution is 0.0713. The molecule has 2 fully saturated rings. The lowest BCUT2D eigenvalue weighted by Gasteiger charge is -2.41. The molecule has 3 atom stereocenters. The number of piperidine rings is 1. The van der Waals surface area contributed by atoms with E-state index < -0.39 is 0 Å². The van der Waals surface area contributed by atoms with Crippen LogP contribution < -0.4 is 5.32 Å². The quantitative estimate of drug-likeness (QED) is 0.867. The monoisotopic (exact) mass is 351 g/mol. The van der Waals surface area contributed by atoms with Crippen molar-refractivity contribution in [3.8, 4) is 0 Å². The Balaban J connectivity index is 1.31. The van der Waals surface area contributed by atoms with Gasteiger partial charge in [-0.3, -0.25) is 4.90 Å². The zero-order chi connectivity index (χ0) is 17.9. The molecule has 5 heteroatoms. The number of nitrogens with one attached hydrogen (secondary N) is 1. The third-order valence-electron chi connectivity index (χ3n) is 5.86. The van der Waals surface area contributed by atoms with Crippen LogP contribution in [0.25, 0.3) is 0 Å². The Morgan fingerprint density at radius 2 is 1.65 bits per heavy atom. The van der Waals surface area contributed by atoms with Crippen LogP contribution in [0.2, 0.25) is 0 Å². The average molecular weight is 351 g/mol. The van der Waals surface area contributed by atoms with Crippen molar-refractivity contribution in [3.05, 3.63) is 53.9 Å². The highest BCUT2D eigenvalue weighted by Crippen LogP contribution is 2.39. The van der Waals surface area contributed by atoms with Gasteiger partial charge in [-0.1, -0.05) is 30.3 Å². The second-order valence-corrected chi connectivity index (χ2v) is 8.00. The van der Waals surface area contributed by atoms with Gasteiger partial charge in [-0.25, -0.2) is 9.97 Å². The SMILES string of the molecule is CN(C)C1[C@@H]2CC[C@H]1CN(Cc1cnc(NCc3ccccc3)nc1)C2. The first-order valence-corrected chi connectivity index (χ1v) is 9.66. The van der Waals surface area contributed by atoms with Crippen molar-refractivity contribution in [3.63, 3.8) is 0 Å². The number of hydrogen-bond acceptors (Lipinski definition) is 5. The summed E-state index contributed by atoms with van der Waals surface area (Å²) < 4.78 is 0. The third kappa shape index (κ3) is 3.89. The maximum Gasteiger partial charge on any atom is 0.222 e. The number of rotatable bonds is 6. The van der Waals surface area contributed by atoms with Crippen LogP contribution >= 0.6 is 0 Å². The minimum Gasteiger partial charge on any atom is -0.350 e. The molecule has 26 heavy (non-hydrogen) atoms. The number of hydrogen-bond donors (Lipinski definition) is 1. The van der Waals surface area contributed by atoms with Crippen molar-refractivity contribution in [1.82, 2.24) is 19.8 Å². The molecule has 1 aliphatic carbocycles. The van der Waals surface area contributed by atoms with Gasteiger partial charge < -0.3 is 10.2 Å². The standard InChI is InChI=1S/C21H29N5/c1-25(2)20-18-8-9-19(20)15-26(14-18)13-17-11-23-21(24-12-17)22-10-16-6-4-3-5-7-16/h3-7,11-12,18-20H,8-10,13-15H2,1-2H3,(H,22,23,24)/t18-,19+,20?. The highest BCUT2D eigenvalue weighted by Gasteiger charge is 2.42. The molecule has 1 aromatic carbocycles. The number of anilines is 1. The van der Waals surface area contributed by atoms with Crippen molar-refractivity contribution >= 4 is 5.95 Å². The van der Waals surface area contributed by atoms with Crippen LogP contribution in [0.4, 0.5) is 5.95 Å². The molecule has 4 rings (SSSR count). The summed E-state index contributed by atoms with van der Waals surface area (Å²) in [7, 11) is 4.47. The van der Waals surface area contributed by atoms with Crippen LogP contribution in [0.3, 0.4) is 0 Å². The Morgan fingerprint density at radius 3 is 2.27 bits per heavy atom. The Hall–Kier alpha value is -1.98. The van der Waals surface area contributed by atoms with E-state index in [9.17, 15) is 0 Å². The van der Waals surface area contributed by atoms with Crippen molar-refractivity contribution in [2.75, 3.05) is 32.5 Å². The number of aromatic nitrogens is 2. The molecule has 2 aromatic rings. The fourth-order valence-electron chi connectivity index (χ4n) is 4.83. The normalized spacial score (nSPS) is 25.6. The molecule has 0 radical (unpaired) electrons. The first-order chi connectivity index (χ1) is 12.7. The van der Waals surface area contributed by atoms with Crippen LogP contribution in [-0.4, -0.2) is 53.0 Å². The third-order valence-corrected chi connectivity index (χ3v) is 5.86. The zero-order valence-corrected chi connectivity index (χ0v) is 15.8. The minimum absolute atomic E-state index is 0.698. The molecular weight excluding hydrogens is 322 g/mol. The molecule has 1 saturated heterocycles. The van der Waals surface area contributed by atoms with E-state index in [1.165, 1.54) is 37.1 Å². The highest BCUT2D eigenvalue weighted by molar-refractivity contribution is 5.28. The van der Waals surface area contributed by atoms with Gasteiger partial charge in [0, 0.05) is 50.2 Å². The number of fused-ring (bicyclic) bond motifs is 2. The van der Waals surface area contributed by atoms with E-state index >= 15 is 0 Å². The summed E-state index contributed by atoms with van der Waals surface area (Å²) in [6.07, 6.45) is 6.70. The van der Waals surface area contributed by atoms with Gasteiger partial charge in [0.1, 0.15) is 0 Å². The van der Waals surface area contributed by atoms with Crippen LogP contribution in [-0.2, 0) is 13.1 Å². The first-order valence-electron chi connectivity index (χ1n) is 9.66. The van der Waals surface area contributed by atoms with E-state index in [0.717, 1.165) is 31.0 Å². The molecule has 5 nitrogen and oxygen atoms in total. The molecule has 2 aliphatic rings. The van der Waals surface area contributed by atoms with Crippen molar-refractivity contribution in [2.45, 2.75) is 32.0 Å². The fraction of sp³-hybridized carbons (Fsp3) is 0.524. The van der Waals surface area contributed by atoms with Crippen LogP contribution in [0, 0.1) is 11.8 Å². The molecule has 1 saturated carbocycles. The largest absolute Gasteiger partial charge is 0.350 e. The molecule has 138 valence electrons. The van der Waals surface area contributed by atoms with Crippen molar-refractivity contribution < 1.29 is 0 Å². The predicted octanol–water partition coefficient (Wildman–Crippen LogP) is 2.86. The molecule has 1 aromatic heterocycles. The Bertz CT molecular complexity index is 686. The molecule has 0 amide bonds. The fourth-order valence-corrected chi connectivity index (χ4v) is 4.83. The lowest BCUT2D eigenvalue weighted by atomic mass is 9.91. The van der Waals surface area contributed by atoms with Crippen molar-refractivity contribution in [1.29, 1.82) is 0 Å². The van der Waals surface area contributed by atoms with Gasteiger partial charge in [-0.2, -0.15) is 0 Å². The summed E-state index contributed by atoms with van der Waals surface area (Å²) in [6, 6.07) is 11.1. The van der Waals surface area contributed by atoms with Gasteiger partial charge in [0.25, 0.3) is 0 Å². The predicted molar refractivity (Wildman–Crippen MR) is 105 cm³/mol. The van der Waals surface area contributed by atoms with E-state index in [1.807, 2.05) is 30.6 Å². The molecule has 1 N–H and O–H groups in total. The van der Waals surface area contributed by atoms with Gasteiger partial charge in [0.15, 0.2) is 0 Å². The molecule has 2 bridgehead atoms. The van der Waals surface area contributed by atoms with E-state index in [1.54, 1.807) is 0 Å². The smallest absolute Gasteiger partial charge is 0.222 e. The molecule has 1 unspecified atom stereocenters. The summed E-state index contributed by atoms with van der Waals surface area (Å²) in [6.45, 7) is 4.12. The number of nitrogens with zero attached hydrogens (tertiary/aromatic N) is 4. The first kappa shape index (κ1) is 17.4. The summed E-state index contributed by atoms with van der Waals surface area (Å²) in [5, 5.41) is 3.29. The van der Waals surface area contributed by atoms with E-state index in [0.29, 0.717) is 5.95 Å². The Labute approximate surface area is 156 Å². The number of benzene rings is 1. The molecular formula is C21H29N5. The second kappa shape index (κ2) is 7.72. The number of likely N-dealkylation sites (tertiary alicyclic amines) is 1. The second-order valence-electron chi connectivity index (χ2n) is 8.00. The van der Waals surface area contributed by atoms with Gasteiger partial charge in [-0.15, -0.1) is 0 Å². The van der Waals surface area contributed by atoms with Crippen molar-refractivity contribution in [2.24, 2.45) is 11.8 Å². The molecule has 0 spiro atoms. The Morgan fingerprint density at radius 1 is 1.00 bits per heavy atom. The Kier molecular flexibility index (Phi) is 5.18. The summed E-state index contributed by atoms with van der Waals surface area (Å²) >= 11 is 0. The van der Waals surface area contributed by atoms with E-state index in [2.05, 4.69) is 51.3 Å². The van der Waals surface area contributed by atoms with Gasteiger partial charge in [-0.05, 0) is 44.3 Å². The van der Waals surface area contributed by atoms with Gasteiger partial charge in [0.2, 0.25) is 5.95 Å². The zero-order valence-electron chi connectivity index (χ0n) is 15.8. The maximum atomic E-state index is 4.50. The van der Waals surface area contributed by atoms with Crippen LogP contribution in [0.1, 0.15) is 24.0 Å². The van der Waals surface area contributed by atoms with E-state index in [-0.39, 0.29) is 0 Å². The van der Waals surface area contributed by atoms with E-state index in [4.69, 9.17) is 0 Å². The lowest BCUT2D eigenvalue weighted by Crippen LogP contribution is -2.50. The summed E-state index contributed by atoms with van der Waals surface area (Å²) in [5.41, 5.74) is 2.44. The summed E-state index contributed by atoms with van der Waals surface area (Å²) in [4.78, 5) is 14.0. The minimum atomic E-state index is 0.698. The van der Waals surface area contributed by atoms with Crippen LogP contribution in [0.15, 0.2) is 42.7 Å². The molecule has 2 heterocycles.